The van der Waals surface area contributed by atoms with Gasteiger partial charge in [0.05, 0.1) is 33.1 Å². The number of hydrogen-bond acceptors (Lipinski definition) is 7. The number of methoxy groups -OCH3 is 3. The SMILES string of the molecule is COc1cc(-c2cc(C(=O)N3CCCSCC3CN3CCCCC3)[nH]n2)cc(OC)c1OC. The summed E-state index contributed by atoms with van der Waals surface area (Å²) in [5.74, 6) is 3.72. The van der Waals surface area contributed by atoms with E-state index in [9.17, 15) is 4.79 Å². The highest BCUT2D eigenvalue weighted by Crippen LogP contribution is 2.41. The van der Waals surface area contributed by atoms with Crippen LogP contribution in [-0.2, 0) is 0 Å². The van der Waals surface area contributed by atoms with Crippen molar-refractivity contribution in [2.45, 2.75) is 31.7 Å². The lowest BCUT2D eigenvalue weighted by atomic mass is 10.1. The summed E-state index contributed by atoms with van der Waals surface area (Å²) < 4.78 is 16.3. The molecule has 2 aromatic rings. The van der Waals surface area contributed by atoms with E-state index in [1.807, 2.05) is 30.0 Å². The van der Waals surface area contributed by atoms with Crippen LogP contribution < -0.4 is 14.2 Å². The van der Waals surface area contributed by atoms with Gasteiger partial charge in [0.15, 0.2) is 11.5 Å². The Bertz CT molecular complexity index is 919. The highest BCUT2D eigenvalue weighted by molar-refractivity contribution is 7.99. The third-order valence-electron chi connectivity index (χ3n) is 6.39. The number of piperidine rings is 1. The molecule has 4 rings (SSSR count). The van der Waals surface area contributed by atoms with Crippen molar-refractivity contribution in [3.63, 3.8) is 0 Å². The van der Waals surface area contributed by atoms with Gasteiger partial charge in [-0.05, 0) is 56.3 Å². The predicted molar refractivity (Wildman–Crippen MR) is 131 cm³/mol. The monoisotopic (exact) mass is 474 g/mol. The lowest BCUT2D eigenvalue weighted by molar-refractivity contribution is 0.0639. The molecule has 9 heteroatoms. The molecule has 1 unspecified atom stereocenters. The van der Waals surface area contributed by atoms with Crippen LogP contribution in [0, 0.1) is 0 Å². The van der Waals surface area contributed by atoms with Gasteiger partial charge in [0, 0.05) is 24.4 Å². The van der Waals surface area contributed by atoms with Crippen molar-refractivity contribution in [2.75, 3.05) is 59.0 Å². The van der Waals surface area contributed by atoms with Crippen LogP contribution in [0.15, 0.2) is 18.2 Å². The molecule has 0 aliphatic carbocycles. The molecule has 2 aliphatic heterocycles. The minimum Gasteiger partial charge on any atom is -0.493 e. The number of aromatic amines is 1. The van der Waals surface area contributed by atoms with E-state index in [4.69, 9.17) is 14.2 Å². The van der Waals surface area contributed by atoms with E-state index in [1.165, 1.54) is 19.3 Å². The lowest BCUT2D eigenvalue weighted by Crippen LogP contribution is -2.49. The zero-order valence-electron chi connectivity index (χ0n) is 19.8. The van der Waals surface area contributed by atoms with Gasteiger partial charge >= 0.3 is 0 Å². The van der Waals surface area contributed by atoms with Crippen molar-refractivity contribution in [3.05, 3.63) is 23.9 Å². The van der Waals surface area contributed by atoms with Gasteiger partial charge in [-0.25, -0.2) is 0 Å². The topological polar surface area (TPSA) is 79.9 Å². The number of carbonyl (C=O) groups is 1. The predicted octanol–water partition coefficient (Wildman–Crippen LogP) is 3.54. The molecule has 0 bridgehead atoms. The number of H-pyrrole nitrogens is 1. The summed E-state index contributed by atoms with van der Waals surface area (Å²) in [7, 11) is 4.74. The number of rotatable bonds is 7. The van der Waals surface area contributed by atoms with E-state index < -0.39 is 0 Å². The summed E-state index contributed by atoms with van der Waals surface area (Å²) in [6.07, 6.45) is 4.84. The first-order chi connectivity index (χ1) is 16.1. The quantitative estimate of drug-likeness (QED) is 0.658. The van der Waals surface area contributed by atoms with E-state index in [0.717, 1.165) is 49.7 Å². The average Bonchev–Trinajstić information content (AvgIpc) is 3.24. The normalized spacial score (nSPS) is 19.7. The first-order valence-corrected chi connectivity index (χ1v) is 12.8. The van der Waals surface area contributed by atoms with Crippen LogP contribution in [-0.4, -0.2) is 91.0 Å². The Balaban J connectivity index is 1.56. The lowest BCUT2D eigenvalue weighted by Gasteiger charge is -2.35. The Morgan fingerprint density at radius 3 is 2.42 bits per heavy atom. The summed E-state index contributed by atoms with van der Waals surface area (Å²) in [6, 6.07) is 5.72. The number of carbonyl (C=O) groups excluding carboxylic acids is 1. The molecule has 2 fully saturated rings. The highest BCUT2D eigenvalue weighted by atomic mass is 32.2. The largest absolute Gasteiger partial charge is 0.493 e. The molecule has 1 amide bonds. The van der Waals surface area contributed by atoms with E-state index in [0.29, 0.717) is 28.6 Å². The zero-order valence-corrected chi connectivity index (χ0v) is 20.6. The molecule has 1 N–H and O–H groups in total. The van der Waals surface area contributed by atoms with E-state index in [1.54, 1.807) is 21.3 Å². The standard InChI is InChI=1S/C24H34N4O4S/c1-30-21-12-17(13-22(31-2)23(21)32-3)19-14-20(26-25-19)24(29)28-10-7-11-33-16-18(28)15-27-8-5-4-6-9-27/h12-14,18H,4-11,15-16H2,1-3H3,(H,25,26). The van der Waals surface area contributed by atoms with Crippen LogP contribution in [0.1, 0.15) is 36.2 Å². The first kappa shape index (κ1) is 23.8. The maximum Gasteiger partial charge on any atom is 0.272 e. The molecule has 33 heavy (non-hydrogen) atoms. The van der Waals surface area contributed by atoms with Crippen molar-refractivity contribution >= 4 is 17.7 Å². The molecule has 1 atom stereocenters. The third kappa shape index (κ3) is 5.41. The molecule has 3 heterocycles. The second-order valence-electron chi connectivity index (χ2n) is 8.52. The van der Waals surface area contributed by atoms with Crippen LogP contribution in [0.25, 0.3) is 11.3 Å². The molecule has 8 nitrogen and oxygen atoms in total. The zero-order chi connectivity index (χ0) is 23.2. The highest BCUT2D eigenvalue weighted by Gasteiger charge is 2.30. The van der Waals surface area contributed by atoms with Crippen molar-refractivity contribution in [3.8, 4) is 28.5 Å². The van der Waals surface area contributed by atoms with Gasteiger partial charge in [-0.3, -0.25) is 9.89 Å². The Hall–Kier alpha value is -2.39. The van der Waals surface area contributed by atoms with Crippen LogP contribution in [0.2, 0.25) is 0 Å². The Labute approximate surface area is 199 Å². The van der Waals surface area contributed by atoms with Crippen molar-refractivity contribution in [1.82, 2.24) is 20.0 Å². The molecule has 2 saturated heterocycles. The molecule has 1 aromatic carbocycles. The number of nitrogens with one attached hydrogen (secondary N) is 1. The van der Waals surface area contributed by atoms with Crippen molar-refractivity contribution in [1.29, 1.82) is 0 Å². The molecule has 180 valence electrons. The number of thioether (sulfide) groups is 1. The number of nitrogens with zero attached hydrogens (tertiary/aromatic N) is 3. The molecular formula is C24H34N4O4S. The van der Waals surface area contributed by atoms with Crippen LogP contribution in [0.4, 0.5) is 0 Å². The fraction of sp³-hybridized carbons (Fsp3) is 0.583. The van der Waals surface area contributed by atoms with Gasteiger partial charge < -0.3 is 24.0 Å². The van der Waals surface area contributed by atoms with Crippen molar-refractivity contribution < 1.29 is 19.0 Å². The molecule has 0 saturated carbocycles. The summed E-state index contributed by atoms with van der Waals surface area (Å²) in [5, 5.41) is 7.41. The minimum absolute atomic E-state index is 0.0192. The summed E-state index contributed by atoms with van der Waals surface area (Å²) in [5.41, 5.74) is 1.96. The molecule has 2 aliphatic rings. The van der Waals surface area contributed by atoms with E-state index in [-0.39, 0.29) is 11.9 Å². The maximum atomic E-state index is 13.6. The van der Waals surface area contributed by atoms with E-state index >= 15 is 0 Å². The Morgan fingerprint density at radius 2 is 1.76 bits per heavy atom. The maximum absolute atomic E-state index is 13.6. The van der Waals surface area contributed by atoms with E-state index in [2.05, 4.69) is 20.0 Å². The summed E-state index contributed by atoms with van der Waals surface area (Å²) >= 11 is 1.96. The smallest absolute Gasteiger partial charge is 0.272 e. The Kier molecular flexibility index (Phi) is 8.03. The molecule has 1 aromatic heterocycles. The fourth-order valence-electron chi connectivity index (χ4n) is 4.65. The molecule has 0 spiro atoms. The number of benzene rings is 1. The Morgan fingerprint density at radius 1 is 1.03 bits per heavy atom. The number of likely N-dealkylation sites (tertiary alicyclic amines) is 1. The summed E-state index contributed by atoms with van der Waals surface area (Å²) in [6.45, 7) is 4.01. The van der Waals surface area contributed by atoms with Crippen LogP contribution in [0.5, 0.6) is 17.2 Å². The van der Waals surface area contributed by atoms with Gasteiger partial charge in [-0.2, -0.15) is 16.9 Å². The molecular weight excluding hydrogens is 440 g/mol. The fourth-order valence-corrected chi connectivity index (χ4v) is 5.71. The van der Waals surface area contributed by atoms with Crippen LogP contribution >= 0.6 is 11.8 Å². The van der Waals surface area contributed by atoms with Gasteiger partial charge in [0.25, 0.3) is 5.91 Å². The van der Waals surface area contributed by atoms with Gasteiger partial charge in [0.1, 0.15) is 5.69 Å². The van der Waals surface area contributed by atoms with Gasteiger partial charge in [0.2, 0.25) is 5.75 Å². The van der Waals surface area contributed by atoms with Crippen molar-refractivity contribution in [2.24, 2.45) is 0 Å². The third-order valence-corrected chi connectivity index (χ3v) is 7.58. The second kappa shape index (κ2) is 11.2. The van der Waals surface area contributed by atoms with Gasteiger partial charge in [-0.15, -0.1) is 0 Å². The average molecular weight is 475 g/mol. The van der Waals surface area contributed by atoms with Gasteiger partial charge in [-0.1, -0.05) is 6.42 Å². The second-order valence-corrected chi connectivity index (χ2v) is 9.67. The van der Waals surface area contributed by atoms with Crippen LogP contribution in [0.3, 0.4) is 0 Å². The number of aromatic nitrogens is 2. The first-order valence-electron chi connectivity index (χ1n) is 11.6. The summed E-state index contributed by atoms with van der Waals surface area (Å²) in [4.78, 5) is 18.1. The number of hydrogen-bond donors (Lipinski definition) is 1. The number of ether oxygens (including phenoxy) is 3. The number of amides is 1. The minimum atomic E-state index is 0.0192. The molecule has 0 radical (unpaired) electrons.